The molecule has 0 spiro atoms. The number of ether oxygens (including phenoxy) is 1. The summed E-state index contributed by atoms with van der Waals surface area (Å²) in [4.78, 5) is 17.8. The molecular formula is C13H14N2O2. The third-order valence-corrected chi connectivity index (χ3v) is 2.89. The molecule has 0 bridgehead atoms. The van der Waals surface area contributed by atoms with E-state index in [1.165, 1.54) is 0 Å². The van der Waals surface area contributed by atoms with Crippen LogP contribution in [0.25, 0.3) is 0 Å². The van der Waals surface area contributed by atoms with Crippen LogP contribution in [0.2, 0.25) is 0 Å². The highest BCUT2D eigenvalue weighted by Crippen LogP contribution is 2.27. The van der Waals surface area contributed by atoms with Gasteiger partial charge in [0.2, 0.25) is 11.8 Å². The number of carbonyl (C=O) groups is 1. The highest BCUT2D eigenvalue weighted by molar-refractivity contribution is 5.96. The molecule has 1 amide bonds. The summed E-state index contributed by atoms with van der Waals surface area (Å²) < 4.78 is 5.03. The maximum atomic E-state index is 11.8. The molecule has 88 valence electrons. The molecule has 2 rings (SSSR count). The van der Waals surface area contributed by atoms with Crippen molar-refractivity contribution in [3.8, 4) is 18.2 Å². The average Bonchev–Trinajstić information content (AvgIpc) is 2.70. The van der Waals surface area contributed by atoms with E-state index in [4.69, 9.17) is 11.2 Å². The van der Waals surface area contributed by atoms with Crippen molar-refractivity contribution in [1.82, 2.24) is 4.98 Å². The highest BCUT2D eigenvalue weighted by atomic mass is 16.5. The Balaban J connectivity index is 2.29. The summed E-state index contributed by atoms with van der Waals surface area (Å²) >= 11 is 0. The molecule has 1 atom stereocenters. The number of hydrogen-bond acceptors (Lipinski definition) is 3. The molecular weight excluding hydrogens is 216 g/mol. The number of anilines is 1. The number of pyridine rings is 1. The molecule has 17 heavy (non-hydrogen) atoms. The number of carbonyl (C=O) groups excluding carboxylic acids is 1. The summed E-state index contributed by atoms with van der Waals surface area (Å²) in [5.41, 5.74) is 1.59. The van der Waals surface area contributed by atoms with Gasteiger partial charge in [0.25, 0.3) is 0 Å². The first-order valence-corrected chi connectivity index (χ1v) is 5.44. The predicted octanol–water partition coefficient (Wildman–Crippen LogP) is 1.38. The van der Waals surface area contributed by atoms with E-state index < -0.39 is 0 Å². The molecule has 0 aromatic carbocycles. The van der Waals surface area contributed by atoms with Crippen molar-refractivity contribution < 1.29 is 9.53 Å². The molecule has 1 aliphatic rings. The fraction of sp³-hybridized carbons (Fsp3) is 0.385. The van der Waals surface area contributed by atoms with E-state index in [1.807, 2.05) is 13.0 Å². The van der Waals surface area contributed by atoms with Crippen LogP contribution in [0.15, 0.2) is 12.1 Å². The monoisotopic (exact) mass is 230 g/mol. The Labute approximate surface area is 101 Å². The second-order valence-electron chi connectivity index (χ2n) is 4.03. The summed E-state index contributed by atoms with van der Waals surface area (Å²) in [6, 6.07) is 3.59. The Bertz CT molecular complexity index is 491. The topological polar surface area (TPSA) is 42.4 Å². The van der Waals surface area contributed by atoms with E-state index in [2.05, 4.69) is 10.9 Å². The van der Waals surface area contributed by atoms with Gasteiger partial charge in [0.1, 0.15) is 0 Å². The van der Waals surface area contributed by atoms with Crippen molar-refractivity contribution in [2.45, 2.75) is 13.3 Å². The predicted molar refractivity (Wildman–Crippen MR) is 64.8 cm³/mol. The molecule has 0 N–H and O–H groups in total. The van der Waals surface area contributed by atoms with Gasteiger partial charge in [0.05, 0.1) is 18.5 Å². The number of methoxy groups -OCH3 is 1. The minimum atomic E-state index is 0.00371. The Kier molecular flexibility index (Phi) is 3.01. The van der Waals surface area contributed by atoms with Gasteiger partial charge >= 0.3 is 0 Å². The van der Waals surface area contributed by atoms with Gasteiger partial charge in [-0.05, 0) is 13.0 Å². The van der Waals surface area contributed by atoms with E-state index in [0.29, 0.717) is 18.8 Å². The van der Waals surface area contributed by atoms with Crippen molar-refractivity contribution in [2.75, 3.05) is 18.6 Å². The lowest BCUT2D eigenvalue weighted by atomic mass is 10.1. The average molecular weight is 230 g/mol. The molecule has 1 aromatic rings. The maximum Gasteiger partial charge on any atom is 0.228 e. The van der Waals surface area contributed by atoms with Crippen molar-refractivity contribution in [3.05, 3.63) is 17.8 Å². The van der Waals surface area contributed by atoms with Gasteiger partial charge in [-0.15, -0.1) is 12.3 Å². The Morgan fingerprint density at radius 1 is 1.59 bits per heavy atom. The third-order valence-electron chi connectivity index (χ3n) is 2.89. The van der Waals surface area contributed by atoms with Gasteiger partial charge in [-0.1, -0.05) is 0 Å². The molecule has 4 heteroatoms. The summed E-state index contributed by atoms with van der Waals surface area (Å²) in [5.74, 6) is 3.24. The number of hydrogen-bond donors (Lipinski definition) is 0. The van der Waals surface area contributed by atoms with Crippen LogP contribution >= 0.6 is 0 Å². The Morgan fingerprint density at radius 2 is 2.35 bits per heavy atom. The first kappa shape index (κ1) is 11.5. The van der Waals surface area contributed by atoms with Crippen LogP contribution in [0.5, 0.6) is 5.88 Å². The number of nitrogens with zero attached hydrogens (tertiary/aromatic N) is 2. The highest BCUT2D eigenvalue weighted by Gasteiger charge is 2.30. The Morgan fingerprint density at radius 3 is 2.88 bits per heavy atom. The van der Waals surface area contributed by atoms with Gasteiger partial charge in [-0.3, -0.25) is 4.79 Å². The first-order chi connectivity index (χ1) is 8.15. The van der Waals surface area contributed by atoms with Crippen molar-refractivity contribution in [1.29, 1.82) is 0 Å². The molecule has 1 aromatic heterocycles. The molecule has 0 aliphatic carbocycles. The normalized spacial score (nSPS) is 19.2. The maximum absolute atomic E-state index is 11.8. The zero-order valence-corrected chi connectivity index (χ0v) is 9.93. The second kappa shape index (κ2) is 4.46. The van der Waals surface area contributed by atoms with Crippen LogP contribution in [0.1, 0.15) is 12.1 Å². The van der Waals surface area contributed by atoms with Gasteiger partial charge in [-0.25, -0.2) is 4.98 Å². The molecule has 2 heterocycles. The Hall–Kier alpha value is -2.02. The lowest BCUT2D eigenvalue weighted by Gasteiger charge is -2.18. The summed E-state index contributed by atoms with van der Waals surface area (Å²) in [6.07, 6.45) is 5.77. The zero-order valence-electron chi connectivity index (χ0n) is 9.93. The third kappa shape index (κ3) is 2.09. The van der Waals surface area contributed by atoms with Gasteiger partial charge < -0.3 is 9.64 Å². The fourth-order valence-corrected chi connectivity index (χ4v) is 1.98. The smallest absolute Gasteiger partial charge is 0.228 e. The SMILES string of the molecule is C#CC1CC(=O)N(c2ccc(OC)nc2C)C1. The van der Waals surface area contributed by atoms with Crippen LogP contribution in [-0.2, 0) is 4.79 Å². The standard InChI is InChI=1S/C13H14N2O2/c1-4-10-7-13(16)15(8-10)11-5-6-12(17-3)14-9(11)2/h1,5-6,10H,7-8H2,2-3H3. The molecule has 1 saturated heterocycles. The first-order valence-electron chi connectivity index (χ1n) is 5.44. The fourth-order valence-electron chi connectivity index (χ4n) is 1.98. The quantitative estimate of drug-likeness (QED) is 0.721. The number of aryl methyl sites for hydroxylation is 1. The number of rotatable bonds is 2. The number of aromatic nitrogens is 1. The van der Waals surface area contributed by atoms with Crippen molar-refractivity contribution in [2.24, 2.45) is 5.92 Å². The zero-order chi connectivity index (χ0) is 12.4. The minimum Gasteiger partial charge on any atom is -0.481 e. The molecule has 1 fully saturated rings. The second-order valence-corrected chi connectivity index (χ2v) is 4.03. The molecule has 0 saturated carbocycles. The van der Waals surface area contributed by atoms with E-state index in [1.54, 1.807) is 18.1 Å². The van der Waals surface area contributed by atoms with Crippen LogP contribution < -0.4 is 9.64 Å². The van der Waals surface area contributed by atoms with E-state index in [0.717, 1.165) is 11.4 Å². The van der Waals surface area contributed by atoms with Crippen LogP contribution in [0, 0.1) is 25.2 Å². The summed E-state index contributed by atoms with van der Waals surface area (Å²) in [6.45, 7) is 2.43. The minimum absolute atomic E-state index is 0.00371. The van der Waals surface area contributed by atoms with Gasteiger partial charge in [-0.2, -0.15) is 0 Å². The molecule has 0 radical (unpaired) electrons. The van der Waals surface area contributed by atoms with Crippen molar-refractivity contribution in [3.63, 3.8) is 0 Å². The molecule has 4 nitrogen and oxygen atoms in total. The van der Waals surface area contributed by atoms with Gasteiger partial charge in [0, 0.05) is 24.9 Å². The van der Waals surface area contributed by atoms with Crippen molar-refractivity contribution >= 4 is 11.6 Å². The summed E-state index contributed by atoms with van der Waals surface area (Å²) in [7, 11) is 1.57. The van der Waals surface area contributed by atoms with Crippen LogP contribution in [0.3, 0.4) is 0 Å². The van der Waals surface area contributed by atoms with E-state index >= 15 is 0 Å². The van der Waals surface area contributed by atoms with Gasteiger partial charge in [0.15, 0.2) is 0 Å². The number of amides is 1. The largest absolute Gasteiger partial charge is 0.481 e. The summed E-state index contributed by atoms with van der Waals surface area (Å²) in [5, 5.41) is 0. The molecule has 1 aliphatic heterocycles. The lowest BCUT2D eigenvalue weighted by molar-refractivity contribution is -0.117. The number of terminal acetylenes is 1. The van der Waals surface area contributed by atoms with E-state index in [9.17, 15) is 4.79 Å². The van der Waals surface area contributed by atoms with Crippen LogP contribution in [-0.4, -0.2) is 24.5 Å². The van der Waals surface area contributed by atoms with Crippen LogP contribution in [0.4, 0.5) is 5.69 Å². The lowest BCUT2D eigenvalue weighted by Crippen LogP contribution is -2.25. The van der Waals surface area contributed by atoms with E-state index in [-0.39, 0.29) is 11.8 Å². The molecule has 1 unspecified atom stereocenters.